The molecule has 0 aromatic heterocycles. The Morgan fingerprint density at radius 1 is 1.27 bits per heavy atom. The molecule has 0 unspecified atom stereocenters. The lowest BCUT2D eigenvalue weighted by atomic mass is 10.1. The third-order valence-electron chi connectivity index (χ3n) is 2.35. The molecule has 0 bridgehead atoms. The molecule has 0 spiro atoms. The van der Waals surface area contributed by atoms with Crippen LogP contribution < -0.4 is 0 Å². The number of benzene rings is 1. The van der Waals surface area contributed by atoms with Gasteiger partial charge < -0.3 is 4.74 Å². The van der Waals surface area contributed by atoms with Crippen LogP contribution in [0.3, 0.4) is 0 Å². The molecular formula is C12H13NO2. The summed E-state index contributed by atoms with van der Waals surface area (Å²) in [6.07, 6.45) is 0. The summed E-state index contributed by atoms with van der Waals surface area (Å²) < 4.78 is 5.13. The molecule has 15 heavy (non-hydrogen) atoms. The van der Waals surface area contributed by atoms with Crippen molar-refractivity contribution in [2.24, 2.45) is 10.9 Å². The van der Waals surface area contributed by atoms with Crippen LogP contribution in [-0.4, -0.2) is 17.9 Å². The smallest absolute Gasteiger partial charge is 0.338 e. The Morgan fingerprint density at radius 2 is 1.93 bits per heavy atom. The number of hydrogen-bond donors (Lipinski definition) is 0. The quantitative estimate of drug-likeness (QED) is 0.690. The van der Waals surface area contributed by atoms with Gasteiger partial charge in [0.1, 0.15) is 0 Å². The summed E-state index contributed by atoms with van der Waals surface area (Å²) in [5.74, 6) is 0.377. The maximum absolute atomic E-state index is 11.5. The van der Waals surface area contributed by atoms with E-state index >= 15 is 0 Å². The zero-order valence-corrected chi connectivity index (χ0v) is 8.81. The van der Waals surface area contributed by atoms with Crippen molar-refractivity contribution in [3.05, 3.63) is 35.9 Å². The van der Waals surface area contributed by atoms with E-state index in [0.29, 0.717) is 5.90 Å². The fraction of sp³-hybridized carbons (Fsp3) is 0.333. The molecule has 0 fully saturated rings. The summed E-state index contributed by atoms with van der Waals surface area (Å²) in [4.78, 5) is 15.7. The van der Waals surface area contributed by atoms with E-state index in [9.17, 15) is 4.79 Å². The van der Waals surface area contributed by atoms with E-state index in [0.717, 1.165) is 5.56 Å². The van der Waals surface area contributed by atoms with Gasteiger partial charge in [-0.05, 0) is 18.1 Å². The molecule has 0 saturated carbocycles. The van der Waals surface area contributed by atoms with Crippen molar-refractivity contribution in [2.75, 3.05) is 0 Å². The highest BCUT2D eigenvalue weighted by atomic mass is 16.6. The second kappa shape index (κ2) is 3.85. The van der Waals surface area contributed by atoms with Gasteiger partial charge in [0.05, 0.1) is 0 Å². The summed E-state index contributed by atoms with van der Waals surface area (Å²) in [5.41, 5.74) is 0.856. The lowest BCUT2D eigenvalue weighted by molar-refractivity contribution is -0.135. The topological polar surface area (TPSA) is 38.7 Å². The van der Waals surface area contributed by atoms with E-state index in [4.69, 9.17) is 4.74 Å². The van der Waals surface area contributed by atoms with Crippen LogP contribution in [0.5, 0.6) is 0 Å². The van der Waals surface area contributed by atoms with Gasteiger partial charge in [0.15, 0.2) is 6.04 Å². The molecule has 1 aliphatic rings. The Labute approximate surface area is 88.8 Å². The minimum absolute atomic E-state index is 0.179. The van der Waals surface area contributed by atoms with Gasteiger partial charge in [-0.25, -0.2) is 9.79 Å². The van der Waals surface area contributed by atoms with Crippen LogP contribution in [0.4, 0.5) is 0 Å². The fourth-order valence-corrected chi connectivity index (χ4v) is 1.50. The van der Waals surface area contributed by atoms with Crippen LogP contribution in [0.2, 0.25) is 0 Å². The molecule has 1 aliphatic heterocycles. The van der Waals surface area contributed by atoms with E-state index in [2.05, 4.69) is 4.99 Å². The second-order valence-corrected chi connectivity index (χ2v) is 3.91. The summed E-state index contributed by atoms with van der Waals surface area (Å²) in [7, 11) is 0. The number of cyclic esters (lactones) is 1. The Hall–Kier alpha value is -1.64. The Kier molecular flexibility index (Phi) is 2.54. The van der Waals surface area contributed by atoms with Crippen molar-refractivity contribution in [3.8, 4) is 0 Å². The number of esters is 1. The standard InChI is InChI=1S/C12H13NO2/c1-8(2)10-12(14)15-11(13-10)9-6-4-3-5-7-9/h3-8,10H,1-2H3/t10-/m1/s1. The molecule has 0 saturated heterocycles. The fourth-order valence-electron chi connectivity index (χ4n) is 1.50. The molecule has 0 aliphatic carbocycles. The number of hydrogen-bond acceptors (Lipinski definition) is 3. The zero-order chi connectivity index (χ0) is 10.8. The first-order valence-electron chi connectivity index (χ1n) is 5.03. The van der Waals surface area contributed by atoms with Crippen molar-refractivity contribution >= 4 is 11.9 Å². The second-order valence-electron chi connectivity index (χ2n) is 3.91. The number of rotatable bonds is 2. The summed E-state index contributed by atoms with van der Waals surface area (Å²) in [6.45, 7) is 3.92. The lowest BCUT2D eigenvalue weighted by Gasteiger charge is -2.04. The average molecular weight is 203 g/mol. The molecule has 3 heteroatoms. The number of carbonyl (C=O) groups is 1. The third-order valence-corrected chi connectivity index (χ3v) is 2.35. The molecule has 1 aromatic rings. The average Bonchev–Trinajstić information content (AvgIpc) is 2.62. The summed E-state index contributed by atoms with van der Waals surface area (Å²) in [6, 6.07) is 9.13. The third kappa shape index (κ3) is 1.91. The van der Waals surface area contributed by atoms with Crippen LogP contribution >= 0.6 is 0 Å². The Balaban J connectivity index is 2.27. The van der Waals surface area contributed by atoms with Gasteiger partial charge in [0.2, 0.25) is 5.90 Å². The Morgan fingerprint density at radius 3 is 2.47 bits per heavy atom. The van der Waals surface area contributed by atoms with Crippen LogP contribution in [0, 0.1) is 5.92 Å². The van der Waals surface area contributed by atoms with E-state index in [1.165, 1.54) is 0 Å². The van der Waals surface area contributed by atoms with Gasteiger partial charge >= 0.3 is 5.97 Å². The first kappa shape index (κ1) is 9.90. The molecule has 3 nitrogen and oxygen atoms in total. The molecule has 1 aromatic carbocycles. The SMILES string of the molecule is CC(C)[C@H]1N=C(c2ccccc2)OC1=O. The number of carbonyl (C=O) groups excluding carboxylic acids is 1. The molecule has 1 atom stereocenters. The molecule has 0 amide bonds. The number of ether oxygens (including phenoxy) is 1. The van der Waals surface area contributed by atoms with Crippen LogP contribution in [-0.2, 0) is 9.53 Å². The van der Waals surface area contributed by atoms with Crippen molar-refractivity contribution < 1.29 is 9.53 Å². The molecule has 0 N–H and O–H groups in total. The van der Waals surface area contributed by atoms with Crippen LogP contribution in [0.25, 0.3) is 0 Å². The van der Waals surface area contributed by atoms with Crippen LogP contribution in [0.1, 0.15) is 19.4 Å². The van der Waals surface area contributed by atoms with E-state index < -0.39 is 0 Å². The lowest BCUT2D eigenvalue weighted by Crippen LogP contribution is -2.20. The van der Waals surface area contributed by atoms with Crippen molar-refractivity contribution in [2.45, 2.75) is 19.9 Å². The molecule has 78 valence electrons. The predicted octanol–water partition coefficient (Wildman–Crippen LogP) is 2.01. The number of aliphatic imine (C=N–C) groups is 1. The predicted molar refractivity (Wildman–Crippen MR) is 57.7 cm³/mol. The molecule has 0 radical (unpaired) electrons. The van der Waals surface area contributed by atoms with Gasteiger partial charge in [0.25, 0.3) is 0 Å². The first-order valence-corrected chi connectivity index (χ1v) is 5.03. The van der Waals surface area contributed by atoms with Crippen molar-refractivity contribution in [1.29, 1.82) is 0 Å². The largest absolute Gasteiger partial charge is 0.406 e. The van der Waals surface area contributed by atoms with Gasteiger partial charge in [-0.2, -0.15) is 0 Å². The number of nitrogens with zero attached hydrogens (tertiary/aromatic N) is 1. The minimum Gasteiger partial charge on any atom is -0.406 e. The van der Waals surface area contributed by atoms with Gasteiger partial charge in [-0.3, -0.25) is 0 Å². The van der Waals surface area contributed by atoms with Gasteiger partial charge in [-0.15, -0.1) is 0 Å². The van der Waals surface area contributed by atoms with E-state index in [1.807, 2.05) is 44.2 Å². The maximum atomic E-state index is 11.5. The molecule has 1 heterocycles. The van der Waals surface area contributed by atoms with E-state index in [1.54, 1.807) is 0 Å². The first-order chi connectivity index (χ1) is 7.18. The Bertz CT molecular complexity index is 395. The highest BCUT2D eigenvalue weighted by Gasteiger charge is 2.31. The zero-order valence-electron chi connectivity index (χ0n) is 8.81. The van der Waals surface area contributed by atoms with Crippen LogP contribution in [0.15, 0.2) is 35.3 Å². The maximum Gasteiger partial charge on any atom is 0.338 e. The van der Waals surface area contributed by atoms with Crippen molar-refractivity contribution in [3.63, 3.8) is 0 Å². The van der Waals surface area contributed by atoms with Gasteiger partial charge in [0, 0.05) is 5.56 Å². The highest BCUT2D eigenvalue weighted by molar-refractivity contribution is 6.06. The minimum atomic E-state index is -0.347. The van der Waals surface area contributed by atoms with Gasteiger partial charge in [-0.1, -0.05) is 32.0 Å². The highest BCUT2D eigenvalue weighted by Crippen LogP contribution is 2.18. The summed E-state index contributed by atoms with van der Waals surface area (Å²) in [5, 5.41) is 0. The van der Waals surface area contributed by atoms with E-state index in [-0.39, 0.29) is 17.9 Å². The summed E-state index contributed by atoms with van der Waals surface area (Å²) >= 11 is 0. The normalized spacial score (nSPS) is 20.3. The van der Waals surface area contributed by atoms with Crippen molar-refractivity contribution in [1.82, 2.24) is 0 Å². The molecular weight excluding hydrogens is 190 g/mol. The monoisotopic (exact) mass is 203 g/mol. The molecule has 2 rings (SSSR count).